The predicted molar refractivity (Wildman–Crippen MR) is 87.5 cm³/mol. The number of benzene rings is 1. The number of carbonyl (C=O) groups is 1. The molecular weight excluding hydrogens is 276 g/mol. The molecule has 1 aromatic carbocycles. The summed E-state index contributed by atoms with van der Waals surface area (Å²) in [6.45, 7) is 4.00. The zero-order valence-corrected chi connectivity index (χ0v) is 13.4. The minimum atomic E-state index is -1.17. The highest BCUT2D eigenvalue weighted by atomic mass is 16.6. The van der Waals surface area contributed by atoms with Gasteiger partial charge < -0.3 is 9.84 Å². The van der Waals surface area contributed by atoms with Gasteiger partial charge in [-0.25, -0.2) is 4.79 Å². The van der Waals surface area contributed by atoms with Crippen LogP contribution in [0, 0.1) is 5.92 Å². The second kappa shape index (κ2) is 8.14. The molecule has 3 nitrogen and oxygen atoms in total. The van der Waals surface area contributed by atoms with Crippen molar-refractivity contribution >= 4 is 5.97 Å². The number of esters is 1. The van der Waals surface area contributed by atoms with E-state index >= 15 is 0 Å². The van der Waals surface area contributed by atoms with E-state index in [4.69, 9.17) is 4.74 Å². The first-order valence-corrected chi connectivity index (χ1v) is 8.19. The molecule has 1 aliphatic carbocycles. The fraction of sp³-hybridized carbons (Fsp3) is 0.526. The summed E-state index contributed by atoms with van der Waals surface area (Å²) in [5.41, 5.74) is 1.22. The summed E-state index contributed by atoms with van der Waals surface area (Å²) < 4.78 is 5.61. The molecule has 0 aromatic heterocycles. The highest BCUT2D eigenvalue weighted by molar-refractivity contribution is 5.76. The van der Waals surface area contributed by atoms with E-state index in [0.717, 1.165) is 25.7 Å². The molecule has 0 bridgehead atoms. The van der Waals surface area contributed by atoms with Gasteiger partial charge in [-0.05, 0) is 36.8 Å². The predicted octanol–water partition coefficient (Wildman–Crippen LogP) is 3.83. The molecule has 0 spiro atoms. The maximum Gasteiger partial charge on any atom is 0.339 e. The Kier molecular flexibility index (Phi) is 6.20. The number of aliphatic hydroxyl groups is 1. The molecule has 1 fully saturated rings. The maximum absolute atomic E-state index is 12.1. The Morgan fingerprint density at radius 1 is 1.18 bits per heavy atom. The van der Waals surface area contributed by atoms with Crippen LogP contribution in [0.25, 0.3) is 0 Å². The Morgan fingerprint density at radius 3 is 2.55 bits per heavy atom. The summed E-state index contributed by atoms with van der Waals surface area (Å²) in [4.78, 5) is 12.1. The van der Waals surface area contributed by atoms with E-state index in [1.54, 1.807) is 0 Å². The van der Waals surface area contributed by atoms with Crippen molar-refractivity contribution in [2.45, 2.75) is 57.7 Å². The molecule has 1 aliphatic rings. The van der Waals surface area contributed by atoms with Crippen LogP contribution in [-0.2, 0) is 9.53 Å². The number of allylic oxidation sites excluding steroid dienone is 1. The van der Waals surface area contributed by atoms with Crippen LogP contribution in [0.4, 0.5) is 0 Å². The number of hydrogen-bond donors (Lipinski definition) is 1. The SMILES string of the molecule is CC(C)/C=C/[C@@H](O)C(=O)O[C@@H]1CCCC[C@H]1c1ccccc1. The lowest BCUT2D eigenvalue weighted by Crippen LogP contribution is -2.32. The molecule has 1 saturated carbocycles. The standard InChI is InChI=1S/C19H26O3/c1-14(2)12-13-17(20)19(21)22-18-11-7-6-10-16(18)15-8-4-3-5-9-15/h3-5,8-9,12-14,16-18,20H,6-7,10-11H2,1-2H3/b13-12+/t16-,17+,18+/m0/s1. The van der Waals surface area contributed by atoms with Crippen LogP contribution >= 0.6 is 0 Å². The quantitative estimate of drug-likeness (QED) is 0.664. The molecule has 1 N–H and O–H groups in total. The van der Waals surface area contributed by atoms with Crippen molar-refractivity contribution < 1.29 is 14.6 Å². The first-order valence-electron chi connectivity index (χ1n) is 8.19. The Hall–Kier alpha value is -1.61. The minimum Gasteiger partial charge on any atom is -0.460 e. The molecule has 3 heteroatoms. The van der Waals surface area contributed by atoms with Crippen molar-refractivity contribution in [3.8, 4) is 0 Å². The largest absolute Gasteiger partial charge is 0.460 e. The Morgan fingerprint density at radius 2 is 1.86 bits per heavy atom. The number of aliphatic hydroxyl groups excluding tert-OH is 1. The van der Waals surface area contributed by atoms with Gasteiger partial charge >= 0.3 is 5.97 Å². The molecule has 120 valence electrons. The molecule has 0 aliphatic heterocycles. The Balaban J connectivity index is 2.01. The van der Waals surface area contributed by atoms with Gasteiger partial charge in [0.15, 0.2) is 6.10 Å². The summed E-state index contributed by atoms with van der Waals surface area (Å²) in [5.74, 6) is -0.000827. The lowest BCUT2D eigenvalue weighted by atomic mass is 9.81. The van der Waals surface area contributed by atoms with Gasteiger partial charge in [0.1, 0.15) is 6.10 Å². The first kappa shape index (κ1) is 16.8. The van der Waals surface area contributed by atoms with Gasteiger partial charge in [0.2, 0.25) is 0 Å². The summed E-state index contributed by atoms with van der Waals surface area (Å²) >= 11 is 0. The van der Waals surface area contributed by atoms with Gasteiger partial charge in [-0.3, -0.25) is 0 Å². The maximum atomic E-state index is 12.1. The molecule has 3 atom stereocenters. The van der Waals surface area contributed by atoms with Crippen molar-refractivity contribution in [2.24, 2.45) is 5.92 Å². The fourth-order valence-electron chi connectivity index (χ4n) is 2.94. The average Bonchev–Trinajstić information content (AvgIpc) is 2.53. The first-order chi connectivity index (χ1) is 10.6. The third kappa shape index (κ3) is 4.70. The summed E-state index contributed by atoms with van der Waals surface area (Å²) in [7, 11) is 0. The van der Waals surface area contributed by atoms with E-state index in [9.17, 15) is 9.90 Å². The number of carbonyl (C=O) groups excluding carboxylic acids is 1. The summed E-state index contributed by atoms with van der Waals surface area (Å²) in [6, 6.07) is 10.2. The van der Waals surface area contributed by atoms with E-state index in [2.05, 4.69) is 12.1 Å². The zero-order valence-electron chi connectivity index (χ0n) is 13.4. The highest BCUT2D eigenvalue weighted by Gasteiger charge is 2.30. The van der Waals surface area contributed by atoms with Crippen LogP contribution in [0.15, 0.2) is 42.5 Å². The van der Waals surface area contributed by atoms with Gasteiger partial charge in [0.05, 0.1) is 0 Å². The molecule has 0 saturated heterocycles. The number of hydrogen-bond acceptors (Lipinski definition) is 3. The van der Waals surface area contributed by atoms with Gasteiger partial charge in [-0.15, -0.1) is 0 Å². The summed E-state index contributed by atoms with van der Waals surface area (Å²) in [5, 5.41) is 9.89. The number of ether oxygens (including phenoxy) is 1. The van der Waals surface area contributed by atoms with Crippen LogP contribution in [-0.4, -0.2) is 23.3 Å². The van der Waals surface area contributed by atoms with Gasteiger partial charge in [0, 0.05) is 5.92 Å². The van der Waals surface area contributed by atoms with Crippen molar-refractivity contribution in [1.29, 1.82) is 0 Å². The van der Waals surface area contributed by atoms with Crippen molar-refractivity contribution in [3.05, 3.63) is 48.0 Å². The van der Waals surface area contributed by atoms with Crippen LogP contribution in [0.2, 0.25) is 0 Å². The molecule has 2 rings (SSSR count). The average molecular weight is 302 g/mol. The second-order valence-electron chi connectivity index (χ2n) is 6.35. The Bertz CT molecular complexity index is 493. The van der Waals surface area contributed by atoms with Crippen molar-refractivity contribution in [2.75, 3.05) is 0 Å². The van der Waals surface area contributed by atoms with Gasteiger partial charge in [-0.1, -0.05) is 56.7 Å². The van der Waals surface area contributed by atoms with Gasteiger partial charge in [-0.2, -0.15) is 0 Å². The van der Waals surface area contributed by atoms with Crippen molar-refractivity contribution in [1.82, 2.24) is 0 Å². The monoisotopic (exact) mass is 302 g/mol. The highest BCUT2D eigenvalue weighted by Crippen LogP contribution is 2.35. The topological polar surface area (TPSA) is 46.5 Å². The normalized spacial score (nSPS) is 23.6. The number of rotatable bonds is 5. The lowest BCUT2D eigenvalue weighted by Gasteiger charge is -2.31. The third-order valence-corrected chi connectivity index (χ3v) is 4.12. The van der Waals surface area contributed by atoms with E-state index in [1.165, 1.54) is 11.6 Å². The molecule has 0 unspecified atom stereocenters. The molecule has 1 aromatic rings. The molecule has 0 radical (unpaired) electrons. The van der Waals surface area contributed by atoms with Crippen LogP contribution < -0.4 is 0 Å². The van der Waals surface area contributed by atoms with E-state index in [-0.39, 0.29) is 12.0 Å². The molecular formula is C19H26O3. The summed E-state index contributed by atoms with van der Waals surface area (Å²) in [6.07, 6.45) is 6.16. The Labute approximate surface area is 133 Å². The molecule has 0 amide bonds. The van der Waals surface area contributed by atoms with Gasteiger partial charge in [0.25, 0.3) is 0 Å². The lowest BCUT2D eigenvalue weighted by molar-refractivity contribution is -0.159. The second-order valence-corrected chi connectivity index (χ2v) is 6.35. The zero-order chi connectivity index (χ0) is 15.9. The van der Waals surface area contributed by atoms with E-state index in [0.29, 0.717) is 5.92 Å². The third-order valence-electron chi connectivity index (χ3n) is 4.12. The van der Waals surface area contributed by atoms with Crippen LogP contribution in [0.3, 0.4) is 0 Å². The smallest absolute Gasteiger partial charge is 0.339 e. The van der Waals surface area contributed by atoms with Crippen LogP contribution in [0.5, 0.6) is 0 Å². The fourth-order valence-corrected chi connectivity index (χ4v) is 2.94. The minimum absolute atomic E-state index is 0.134. The van der Waals surface area contributed by atoms with Crippen molar-refractivity contribution in [3.63, 3.8) is 0 Å². The van der Waals surface area contributed by atoms with E-state index < -0.39 is 12.1 Å². The molecule has 22 heavy (non-hydrogen) atoms. The van der Waals surface area contributed by atoms with E-state index in [1.807, 2.05) is 38.1 Å². The van der Waals surface area contributed by atoms with Crippen LogP contribution in [0.1, 0.15) is 51.0 Å². The molecule has 0 heterocycles.